The summed E-state index contributed by atoms with van der Waals surface area (Å²) in [6.45, 7) is 3.95. The predicted octanol–water partition coefficient (Wildman–Crippen LogP) is 5.36. The second-order valence-corrected chi connectivity index (χ2v) is 7.68. The lowest BCUT2D eigenvalue weighted by atomic mass is 10.2. The van der Waals surface area contributed by atoms with Crippen molar-refractivity contribution >= 4 is 44.9 Å². The van der Waals surface area contributed by atoms with E-state index in [9.17, 15) is 4.79 Å². The van der Waals surface area contributed by atoms with Crippen molar-refractivity contribution in [3.05, 3.63) is 53.1 Å². The average Bonchev–Trinajstić information content (AvgIpc) is 3.11. The summed E-state index contributed by atoms with van der Waals surface area (Å²) in [6, 6.07) is 13.0. The third-order valence-electron chi connectivity index (χ3n) is 4.27. The van der Waals surface area contributed by atoms with Crippen LogP contribution in [-0.4, -0.2) is 30.0 Å². The van der Waals surface area contributed by atoms with Crippen molar-refractivity contribution in [1.29, 1.82) is 0 Å². The van der Waals surface area contributed by atoms with Gasteiger partial charge in [-0.2, -0.15) is 4.37 Å². The number of nitrogens with zero attached hydrogens (tertiary/aromatic N) is 1. The Labute approximate surface area is 174 Å². The Morgan fingerprint density at radius 2 is 1.96 bits per heavy atom. The van der Waals surface area contributed by atoms with Crippen molar-refractivity contribution in [2.75, 3.05) is 25.0 Å². The molecule has 2 N–H and O–H groups in total. The van der Waals surface area contributed by atoms with Gasteiger partial charge in [0, 0.05) is 29.1 Å². The van der Waals surface area contributed by atoms with Gasteiger partial charge in [0.1, 0.15) is 11.6 Å². The Balaban J connectivity index is 1.43. The van der Waals surface area contributed by atoms with Crippen molar-refractivity contribution in [2.45, 2.75) is 26.2 Å². The molecular formula is C21H24ClN3O2S. The molecule has 0 radical (unpaired) electrons. The lowest BCUT2D eigenvalue weighted by Gasteiger charge is -2.08. The first-order valence-corrected chi connectivity index (χ1v) is 10.6. The van der Waals surface area contributed by atoms with Crippen LogP contribution < -0.4 is 15.4 Å². The molecule has 0 saturated heterocycles. The van der Waals surface area contributed by atoms with Gasteiger partial charge < -0.3 is 15.4 Å². The topological polar surface area (TPSA) is 63.2 Å². The summed E-state index contributed by atoms with van der Waals surface area (Å²) in [5.41, 5.74) is 0.617. The Bertz CT molecular complexity index is 912. The van der Waals surface area contributed by atoms with E-state index < -0.39 is 0 Å². The van der Waals surface area contributed by atoms with E-state index in [0.29, 0.717) is 30.3 Å². The van der Waals surface area contributed by atoms with Crippen molar-refractivity contribution in [1.82, 2.24) is 9.69 Å². The first-order valence-electron chi connectivity index (χ1n) is 9.47. The quantitative estimate of drug-likeness (QED) is 0.436. The van der Waals surface area contributed by atoms with Crippen LogP contribution in [0.2, 0.25) is 5.02 Å². The molecule has 0 aliphatic carbocycles. The van der Waals surface area contributed by atoms with Gasteiger partial charge in [-0.1, -0.05) is 31.4 Å². The monoisotopic (exact) mass is 417 g/mol. The standard InChI is InChI=1S/C21H24ClN3O2S/c1-2-3-4-13-27-17-8-5-15(6-9-17)21(26)24-12-11-23-20-18-14-16(22)7-10-19(18)28-25-20/h5-10,14H,2-4,11-13H2,1H3,(H,23,25)(H,24,26). The number of carbonyl (C=O) groups excluding carboxylic acids is 1. The van der Waals surface area contributed by atoms with E-state index in [1.807, 2.05) is 30.3 Å². The molecule has 0 aliphatic rings. The summed E-state index contributed by atoms with van der Waals surface area (Å²) in [4.78, 5) is 12.3. The van der Waals surface area contributed by atoms with Crippen molar-refractivity contribution < 1.29 is 9.53 Å². The summed E-state index contributed by atoms with van der Waals surface area (Å²) >= 11 is 7.48. The highest BCUT2D eigenvalue weighted by Crippen LogP contribution is 2.29. The van der Waals surface area contributed by atoms with Crippen LogP contribution in [0.3, 0.4) is 0 Å². The molecule has 0 bridgehead atoms. The fourth-order valence-corrected chi connectivity index (χ4v) is 3.65. The van der Waals surface area contributed by atoms with Crippen LogP contribution >= 0.6 is 23.1 Å². The molecule has 0 fully saturated rings. The number of carbonyl (C=O) groups is 1. The van der Waals surface area contributed by atoms with E-state index in [4.69, 9.17) is 16.3 Å². The molecule has 0 atom stereocenters. The number of ether oxygens (including phenoxy) is 1. The van der Waals surface area contributed by atoms with Crippen LogP contribution in [-0.2, 0) is 0 Å². The fourth-order valence-electron chi connectivity index (χ4n) is 2.74. The molecule has 5 nitrogen and oxygen atoms in total. The average molecular weight is 418 g/mol. The van der Waals surface area contributed by atoms with E-state index >= 15 is 0 Å². The Morgan fingerprint density at radius 3 is 2.75 bits per heavy atom. The highest BCUT2D eigenvalue weighted by Gasteiger charge is 2.08. The zero-order chi connectivity index (χ0) is 19.8. The number of aromatic nitrogens is 1. The van der Waals surface area contributed by atoms with E-state index in [-0.39, 0.29) is 5.91 Å². The number of hydrogen-bond donors (Lipinski definition) is 2. The molecule has 0 aliphatic heterocycles. The molecule has 0 unspecified atom stereocenters. The third kappa shape index (κ3) is 5.59. The van der Waals surface area contributed by atoms with Crippen LogP contribution in [0, 0.1) is 0 Å². The minimum Gasteiger partial charge on any atom is -0.494 e. The van der Waals surface area contributed by atoms with Crippen LogP contribution in [0.1, 0.15) is 36.5 Å². The maximum atomic E-state index is 12.3. The molecule has 1 amide bonds. The van der Waals surface area contributed by atoms with Gasteiger partial charge >= 0.3 is 0 Å². The maximum absolute atomic E-state index is 12.3. The van der Waals surface area contributed by atoms with Gasteiger partial charge in [-0.15, -0.1) is 0 Å². The van der Waals surface area contributed by atoms with Gasteiger partial charge in [-0.3, -0.25) is 4.79 Å². The number of rotatable bonds is 10. The Kier molecular flexibility index (Phi) is 7.51. The number of amides is 1. The molecule has 28 heavy (non-hydrogen) atoms. The first kappa shape index (κ1) is 20.4. The molecule has 1 aromatic heterocycles. The maximum Gasteiger partial charge on any atom is 0.251 e. The van der Waals surface area contributed by atoms with E-state index in [1.54, 1.807) is 12.1 Å². The molecular weight excluding hydrogens is 394 g/mol. The second kappa shape index (κ2) is 10.3. The SMILES string of the molecule is CCCCCOc1ccc(C(=O)NCCNc2nsc3ccc(Cl)cc23)cc1. The van der Waals surface area contributed by atoms with Crippen molar-refractivity contribution in [3.8, 4) is 5.75 Å². The smallest absolute Gasteiger partial charge is 0.251 e. The predicted molar refractivity (Wildman–Crippen MR) is 117 cm³/mol. The number of benzene rings is 2. The number of hydrogen-bond acceptors (Lipinski definition) is 5. The first-order chi connectivity index (χ1) is 13.7. The number of halogens is 1. The summed E-state index contributed by atoms with van der Waals surface area (Å²) in [5.74, 6) is 1.48. The molecule has 0 spiro atoms. The van der Waals surface area contributed by atoms with Gasteiger partial charge in [0.2, 0.25) is 0 Å². The number of anilines is 1. The summed E-state index contributed by atoms with van der Waals surface area (Å²) in [7, 11) is 0. The van der Waals surface area contributed by atoms with Crippen LogP contribution in [0.5, 0.6) is 5.75 Å². The van der Waals surface area contributed by atoms with Gasteiger partial charge in [-0.05, 0) is 60.4 Å². The van der Waals surface area contributed by atoms with Gasteiger partial charge in [-0.25, -0.2) is 0 Å². The van der Waals surface area contributed by atoms with E-state index in [2.05, 4.69) is 21.9 Å². The number of nitrogens with one attached hydrogen (secondary N) is 2. The van der Waals surface area contributed by atoms with E-state index in [0.717, 1.165) is 34.5 Å². The normalized spacial score (nSPS) is 10.8. The zero-order valence-corrected chi connectivity index (χ0v) is 17.4. The minimum absolute atomic E-state index is 0.106. The lowest BCUT2D eigenvalue weighted by Crippen LogP contribution is -2.28. The highest BCUT2D eigenvalue weighted by atomic mass is 35.5. The lowest BCUT2D eigenvalue weighted by molar-refractivity contribution is 0.0955. The summed E-state index contributed by atoms with van der Waals surface area (Å²) in [6.07, 6.45) is 3.38. The zero-order valence-electron chi connectivity index (χ0n) is 15.8. The number of fused-ring (bicyclic) bond motifs is 1. The van der Waals surface area contributed by atoms with Crippen LogP contribution in [0.15, 0.2) is 42.5 Å². The van der Waals surface area contributed by atoms with Crippen LogP contribution in [0.4, 0.5) is 5.82 Å². The molecule has 2 aromatic carbocycles. The molecule has 0 saturated carbocycles. The summed E-state index contributed by atoms with van der Waals surface area (Å²) < 4.78 is 11.1. The Hall–Kier alpha value is -2.31. The molecule has 1 heterocycles. The van der Waals surface area contributed by atoms with Gasteiger partial charge in [0.25, 0.3) is 5.91 Å². The molecule has 3 rings (SSSR count). The Morgan fingerprint density at radius 1 is 1.14 bits per heavy atom. The van der Waals surface area contributed by atoms with Gasteiger partial charge in [0.05, 0.1) is 11.3 Å². The van der Waals surface area contributed by atoms with Crippen molar-refractivity contribution in [2.24, 2.45) is 0 Å². The molecule has 148 valence electrons. The van der Waals surface area contributed by atoms with E-state index in [1.165, 1.54) is 18.0 Å². The minimum atomic E-state index is -0.106. The second-order valence-electron chi connectivity index (χ2n) is 6.43. The van der Waals surface area contributed by atoms with Gasteiger partial charge in [0.15, 0.2) is 0 Å². The fraction of sp³-hybridized carbons (Fsp3) is 0.333. The third-order valence-corrected chi connectivity index (χ3v) is 5.33. The van der Waals surface area contributed by atoms with Crippen LogP contribution in [0.25, 0.3) is 10.1 Å². The van der Waals surface area contributed by atoms with Crippen molar-refractivity contribution in [3.63, 3.8) is 0 Å². The largest absolute Gasteiger partial charge is 0.494 e. The molecule has 7 heteroatoms. The highest BCUT2D eigenvalue weighted by molar-refractivity contribution is 7.13. The number of unbranched alkanes of at least 4 members (excludes halogenated alkanes) is 2. The molecule has 3 aromatic rings. The summed E-state index contributed by atoms with van der Waals surface area (Å²) in [5, 5.41) is 7.84.